The van der Waals surface area contributed by atoms with Crippen molar-refractivity contribution in [3.63, 3.8) is 0 Å². The number of hydrogen-bond donors (Lipinski definition) is 3. The van der Waals surface area contributed by atoms with E-state index in [1.807, 2.05) is 45.0 Å². The van der Waals surface area contributed by atoms with Gasteiger partial charge in [-0.05, 0) is 45.2 Å². The van der Waals surface area contributed by atoms with Crippen molar-refractivity contribution in [2.75, 3.05) is 6.54 Å². The van der Waals surface area contributed by atoms with E-state index in [1.165, 1.54) is 0 Å². The Kier molecular flexibility index (Phi) is 12.1. The lowest BCUT2D eigenvalue weighted by atomic mass is 10.1. The fourth-order valence-electron chi connectivity index (χ4n) is 2.28. The molecule has 0 aliphatic carbocycles. The van der Waals surface area contributed by atoms with E-state index in [0.717, 1.165) is 30.1 Å². The van der Waals surface area contributed by atoms with Crippen molar-refractivity contribution in [2.45, 2.75) is 65.4 Å². The minimum Gasteiger partial charge on any atom is -0.357 e. The average molecular weight is 496 g/mol. The van der Waals surface area contributed by atoms with E-state index >= 15 is 0 Å². The van der Waals surface area contributed by atoms with Crippen LogP contribution in [-0.2, 0) is 22.3 Å². The molecule has 150 valence electrons. The van der Waals surface area contributed by atoms with Crippen molar-refractivity contribution in [3.8, 4) is 0 Å². The van der Waals surface area contributed by atoms with Crippen molar-refractivity contribution in [2.24, 2.45) is 4.99 Å². The van der Waals surface area contributed by atoms with Crippen LogP contribution in [0.5, 0.6) is 0 Å². The normalized spacial score (nSPS) is 13.2. The summed E-state index contributed by atoms with van der Waals surface area (Å²) >= 11 is 0. The molecule has 26 heavy (non-hydrogen) atoms. The maximum absolute atomic E-state index is 12.2. The van der Waals surface area contributed by atoms with Crippen LogP contribution in [0.2, 0.25) is 0 Å². The van der Waals surface area contributed by atoms with Crippen molar-refractivity contribution < 1.29 is 8.42 Å². The molecule has 1 aromatic carbocycles. The summed E-state index contributed by atoms with van der Waals surface area (Å²) < 4.78 is 27.1. The van der Waals surface area contributed by atoms with E-state index in [-0.39, 0.29) is 35.8 Å². The third-order valence-corrected chi connectivity index (χ3v) is 5.15. The third-order valence-electron chi connectivity index (χ3n) is 3.63. The van der Waals surface area contributed by atoms with Gasteiger partial charge in [0.25, 0.3) is 0 Å². The summed E-state index contributed by atoms with van der Waals surface area (Å²) in [6.07, 6.45) is 1.00. The smallest absolute Gasteiger partial charge is 0.216 e. The fourth-order valence-corrected chi connectivity index (χ4v) is 3.77. The van der Waals surface area contributed by atoms with E-state index in [4.69, 9.17) is 0 Å². The summed E-state index contributed by atoms with van der Waals surface area (Å²) in [5, 5.41) is 6.56. The molecule has 0 spiro atoms. The van der Waals surface area contributed by atoms with Crippen LogP contribution >= 0.6 is 24.0 Å². The first-order chi connectivity index (χ1) is 11.8. The number of hydrogen-bond acceptors (Lipinski definition) is 3. The van der Waals surface area contributed by atoms with Gasteiger partial charge in [0, 0.05) is 18.6 Å². The monoisotopic (exact) mass is 496 g/mol. The molecular formula is C18H33IN4O2S. The van der Waals surface area contributed by atoms with Gasteiger partial charge in [0.1, 0.15) is 0 Å². The summed E-state index contributed by atoms with van der Waals surface area (Å²) in [5.74, 6) is 0.710. The lowest BCUT2D eigenvalue weighted by Crippen LogP contribution is -2.42. The van der Waals surface area contributed by atoms with Crippen molar-refractivity contribution in [1.82, 2.24) is 15.4 Å². The highest BCUT2D eigenvalue weighted by Gasteiger charge is 2.15. The number of guanidine groups is 1. The molecule has 1 rings (SSSR count). The zero-order valence-corrected chi connectivity index (χ0v) is 19.5. The summed E-state index contributed by atoms with van der Waals surface area (Å²) in [7, 11) is -3.36. The Labute approximate surface area is 175 Å². The fraction of sp³-hybridized carbons (Fsp3) is 0.611. The molecule has 8 heteroatoms. The molecule has 0 aliphatic heterocycles. The molecule has 0 amide bonds. The van der Waals surface area contributed by atoms with Crippen molar-refractivity contribution in [1.29, 1.82) is 0 Å². The van der Waals surface area contributed by atoms with Gasteiger partial charge in [0.2, 0.25) is 10.0 Å². The Balaban J connectivity index is 0.00000625. The molecule has 0 bridgehead atoms. The number of nitrogens with zero attached hydrogens (tertiary/aromatic N) is 1. The summed E-state index contributed by atoms with van der Waals surface area (Å²) in [6, 6.07) is 7.75. The zero-order valence-electron chi connectivity index (χ0n) is 16.4. The summed E-state index contributed by atoms with van der Waals surface area (Å²) in [4.78, 5) is 4.60. The van der Waals surface area contributed by atoms with E-state index in [1.54, 1.807) is 0 Å². The first-order valence-corrected chi connectivity index (χ1v) is 10.5. The highest BCUT2D eigenvalue weighted by atomic mass is 127. The Morgan fingerprint density at radius 1 is 1.12 bits per heavy atom. The maximum atomic E-state index is 12.2. The van der Waals surface area contributed by atoms with Gasteiger partial charge < -0.3 is 10.6 Å². The Bertz CT molecular complexity index is 663. The highest BCUT2D eigenvalue weighted by molar-refractivity contribution is 14.0. The topological polar surface area (TPSA) is 82.6 Å². The van der Waals surface area contributed by atoms with Crippen LogP contribution in [0.1, 0.15) is 52.2 Å². The second kappa shape index (κ2) is 12.5. The SMILES string of the molecule is CCNC(=NCc1ccccc1CS(=O)(=O)NC(C)C)NC(C)CC.I. The van der Waals surface area contributed by atoms with Crippen LogP contribution < -0.4 is 15.4 Å². The number of nitrogens with one attached hydrogen (secondary N) is 3. The van der Waals surface area contributed by atoms with E-state index < -0.39 is 10.0 Å². The highest BCUT2D eigenvalue weighted by Crippen LogP contribution is 2.13. The molecule has 3 N–H and O–H groups in total. The van der Waals surface area contributed by atoms with E-state index in [0.29, 0.717) is 12.6 Å². The van der Waals surface area contributed by atoms with Gasteiger partial charge in [-0.25, -0.2) is 18.1 Å². The molecule has 1 atom stereocenters. The predicted molar refractivity (Wildman–Crippen MR) is 120 cm³/mol. The summed E-state index contributed by atoms with van der Waals surface area (Å²) in [5.41, 5.74) is 1.69. The van der Waals surface area contributed by atoms with Crippen molar-refractivity contribution >= 4 is 40.0 Å². The van der Waals surface area contributed by atoms with Crippen LogP contribution in [0.15, 0.2) is 29.3 Å². The molecule has 1 aromatic rings. The number of sulfonamides is 1. The van der Waals surface area contributed by atoms with Crippen LogP contribution in [0, 0.1) is 0 Å². The number of halogens is 1. The first kappa shape index (κ1) is 25.1. The average Bonchev–Trinajstić information content (AvgIpc) is 2.52. The molecular weight excluding hydrogens is 463 g/mol. The standard InChI is InChI=1S/C18H32N4O2S.HI/c1-6-15(5)21-18(19-7-2)20-12-16-10-8-9-11-17(16)13-25(23,24)22-14(3)4;/h8-11,14-15,22H,6-7,12-13H2,1-5H3,(H2,19,20,21);1H. The van der Waals surface area contributed by atoms with Gasteiger partial charge in [0.05, 0.1) is 12.3 Å². The second-order valence-electron chi connectivity index (χ2n) is 6.45. The van der Waals surface area contributed by atoms with Gasteiger partial charge >= 0.3 is 0 Å². The Morgan fingerprint density at radius 2 is 1.73 bits per heavy atom. The lowest BCUT2D eigenvalue weighted by molar-refractivity contribution is 0.569. The lowest BCUT2D eigenvalue weighted by Gasteiger charge is -2.16. The molecule has 6 nitrogen and oxygen atoms in total. The minimum atomic E-state index is -3.36. The van der Waals surface area contributed by atoms with Crippen LogP contribution in [0.25, 0.3) is 0 Å². The van der Waals surface area contributed by atoms with Crippen LogP contribution in [-0.4, -0.2) is 33.0 Å². The largest absolute Gasteiger partial charge is 0.357 e. The molecule has 0 aromatic heterocycles. The Morgan fingerprint density at radius 3 is 2.27 bits per heavy atom. The van der Waals surface area contributed by atoms with Gasteiger partial charge in [-0.3, -0.25) is 0 Å². The quantitative estimate of drug-likeness (QED) is 0.279. The number of benzene rings is 1. The molecule has 0 saturated heterocycles. The van der Waals surface area contributed by atoms with E-state index in [9.17, 15) is 8.42 Å². The van der Waals surface area contributed by atoms with Gasteiger partial charge in [-0.2, -0.15) is 0 Å². The maximum Gasteiger partial charge on any atom is 0.216 e. The minimum absolute atomic E-state index is 0. The zero-order chi connectivity index (χ0) is 18.9. The van der Waals surface area contributed by atoms with Crippen LogP contribution in [0.3, 0.4) is 0 Å². The van der Waals surface area contributed by atoms with Crippen molar-refractivity contribution in [3.05, 3.63) is 35.4 Å². The molecule has 0 heterocycles. The van der Waals surface area contributed by atoms with Gasteiger partial charge in [0.15, 0.2) is 5.96 Å². The molecule has 0 saturated carbocycles. The number of aliphatic imine (C=N–C) groups is 1. The molecule has 0 radical (unpaired) electrons. The number of rotatable bonds is 9. The predicted octanol–water partition coefficient (Wildman–Crippen LogP) is 2.99. The van der Waals surface area contributed by atoms with E-state index in [2.05, 4.69) is 34.2 Å². The summed E-state index contributed by atoms with van der Waals surface area (Å²) in [6.45, 7) is 11.1. The molecule has 0 aliphatic rings. The molecule has 1 unspecified atom stereocenters. The molecule has 0 fully saturated rings. The Hall–Kier alpha value is -0.870. The van der Waals surface area contributed by atoms with Gasteiger partial charge in [-0.1, -0.05) is 31.2 Å². The third kappa shape index (κ3) is 9.72. The van der Waals surface area contributed by atoms with Gasteiger partial charge in [-0.15, -0.1) is 24.0 Å². The first-order valence-electron chi connectivity index (χ1n) is 8.89. The van der Waals surface area contributed by atoms with Crippen LogP contribution in [0.4, 0.5) is 0 Å². The second-order valence-corrected chi connectivity index (χ2v) is 8.20.